The summed E-state index contributed by atoms with van der Waals surface area (Å²) < 4.78 is 0. The lowest BCUT2D eigenvalue weighted by Gasteiger charge is -2.51. The first kappa shape index (κ1) is 25.0. The van der Waals surface area contributed by atoms with Crippen molar-refractivity contribution in [3.05, 3.63) is 29.8 Å². The van der Waals surface area contributed by atoms with Crippen molar-refractivity contribution in [3.63, 3.8) is 0 Å². The van der Waals surface area contributed by atoms with Crippen LogP contribution in [0, 0.1) is 23.2 Å². The van der Waals surface area contributed by atoms with E-state index < -0.39 is 0 Å². The lowest BCUT2D eigenvalue weighted by molar-refractivity contribution is -0.122. The van der Waals surface area contributed by atoms with Crippen LogP contribution in [-0.4, -0.2) is 52.8 Å². The van der Waals surface area contributed by atoms with Gasteiger partial charge in [0.2, 0.25) is 5.91 Å². The van der Waals surface area contributed by atoms with Crippen LogP contribution in [0.25, 0.3) is 0 Å². The number of aliphatic hydroxyl groups is 1. The van der Waals surface area contributed by atoms with Crippen LogP contribution < -0.4 is 5.32 Å². The fourth-order valence-corrected chi connectivity index (χ4v) is 5.77. The van der Waals surface area contributed by atoms with Gasteiger partial charge in [0.05, 0.1) is 6.10 Å². The van der Waals surface area contributed by atoms with Gasteiger partial charge in [-0.25, -0.2) is 0 Å². The van der Waals surface area contributed by atoms with Crippen molar-refractivity contribution in [1.29, 1.82) is 0 Å². The third-order valence-corrected chi connectivity index (χ3v) is 8.39. The molecule has 1 aromatic carbocycles. The Morgan fingerprint density at radius 1 is 1.25 bits per heavy atom. The van der Waals surface area contributed by atoms with Crippen LogP contribution in [0.15, 0.2) is 24.3 Å². The number of hydrogen-bond acceptors (Lipinski definition) is 4. The molecular weight excluding hydrogens is 400 g/mol. The number of phenolic OH excluding ortho intramolecular Hbond substituents is 1. The molecule has 180 valence electrons. The Morgan fingerprint density at radius 2 is 1.97 bits per heavy atom. The number of piperidine rings is 1. The van der Waals surface area contributed by atoms with Gasteiger partial charge in [0.1, 0.15) is 5.75 Å². The average molecular weight is 445 g/mol. The lowest BCUT2D eigenvalue weighted by Crippen LogP contribution is -2.54. The van der Waals surface area contributed by atoms with E-state index in [1.54, 1.807) is 12.1 Å². The third-order valence-electron chi connectivity index (χ3n) is 8.39. The second-order valence-electron chi connectivity index (χ2n) is 11.0. The molecule has 1 heterocycles. The fourth-order valence-electron chi connectivity index (χ4n) is 5.77. The SMILES string of the molecule is CC(C)[C@@H](CN1CC[C@@](C)(C2CCCC(O)C2)[C@@H](C)C1)NC(=O)CCc1ccc(O)cc1. The van der Waals surface area contributed by atoms with E-state index in [1.165, 1.54) is 12.8 Å². The molecule has 32 heavy (non-hydrogen) atoms. The first-order chi connectivity index (χ1) is 15.2. The van der Waals surface area contributed by atoms with Crippen LogP contribution >= 0.6 is 0 Å². The van der Waals surface area contributed by atoms with Crippen LogP contribution in [0.3, 0.4) is 0 Å². The van der Waals surface area contributed by atoms with Crippen molar-refractivity contribution in [2.75, 3.05) is 19.6 Å². The summed E-state index contributed by atoms with van der Waals surface area (Å²) in [6, 6.07) is 7.24. The maximum Gasteiger partial charge on any atom is 0.220 e. The molecule has 2 aliphatic rings. The van der Waals surface area contributed by atoms with E-state index in [9.17, 15) is 15.0 Å². The molecule has 2 unspecified atom stereocenters. The quantitative estimate of drug-likeness (QED) is 0.557. The zero-order valence-electron chi connectivity index (χ0n) is 20.5. The Hall–Kier alpha value is -1.59. The molecule has 0 spiro atoms. The van der Waals surface area contributed by atoms with E-state index in [4.69, 9.17) is 0 Å². The number of aryl methyl sites for hydroxylation is 1. The standard InChI is InChI=1S/C27H44N2O3/c1-19(2)25(28-26(32)13-10-21-8-11-23(30)12-9-21)18-29-15-14-27(4,20(3)17-29)22-6-5-7-24(31)16-22/h8-9,11-12,19-20,22,24-25,30-31H,5-7,10,13-18H2,1-4H3,(H,28,32)/t20-,22?,24?,25+,27+/m0/s1. The summed E-state index contributed by atoms with van der Waals surface area (Å²) in [6.07, 6.45) is 6.55. The zero-order valence-corrected chi connectivity index (χ0v) is 20.5. The summed E-state index contributed by atoms with van der Waals surface area (Å²) in [5.74, 6) is 1.95. The van der Waals surface area contributed by atoms with Crippen LogP contribution in [0.5, 0.6) is 5.75 Å². The van der Waals surface area contributed by atoms with Gasteiger partial charge < -0.3 is 20.4 Å². The molecule has 1 aliphatic carbocycles. The predicted octanol–water partition coefficient (Wildman–Crippen LogP) is 4.36. The zero-order chi connectivity index (χ0) is 23.3. The number of carbonyl (C=O) groups excluding carboxylic acids is 1. The predicted molar refractivity (Wildman–Crippen MR) is 129 cm³/mol. The van der Waals surface area contributed by atoms with Crippen molar-refractivity contribution in [1.82, 2.24) is 10.2 Å². The second-order valence-corrected chi connectivity index (χ2v) is 11.0. The number of hydrogen-bond donors (Lipinski definition) is 3. The number of benzene rings is 1. The van der Waals surface area contributed by atoms with Gasteiger partial charge in [-0.05, 0) is 79.5 Å². The van der Waals surface area contributed by atoms with Crippen molar-refractivity contribution in [2.45, 2.75) is 84.8 Å². The first-order valence-corrected chi connectivity index (χ1v) is 12.6. The maximum atomic E-state index is 12.6. The monoisotopic (exact) mass is 444 g/mol. The molecule has 1 aromatic rings. The number of phenols is 1. The minimum absolute atomic E-state index is 0.0999. The highest BCUT2D eigenvalue weighted by Crippen LogP contribution is 2.48. The number of aromatic hydroxyl groups is 1. The van der Waals surface area contributed by atoms with E-state index in [2.05, 4.69) is 37.9 Å². The van der Waals surface area contributed by atoms with E-state index in [-0.39, 0.29) is 23.8 Å². The van der Waals surface area contributed by atoms with Gasteiger partial charge in [0, 0.05) is 25.6 Å². The van der Waals surface area contributed by atoms with E-state index >= 15 is 0 Å². The molecule has 5 atom stereocenters. The van der Waals surface area contributed by atoms with Crippen LogP contribution in [0.4, 0.5) is 0 Å². The van der Waals surface area contributed by atoms with Crippen molar-refractivity contribution < 1.29 is 15.0 Å². The first-order valence-electron chi connectivity index (χ1n) is 12.6. The van der Waals surface area contributed by atoms with E-state index in [0.29, 0.717) is 36.0 Å². The van der Waals surface area contributed by atoms with Gasteiger partial charge in [-0.15, -0.1) is 0 Å². The molecule has 0 radical (unpaired) electrons. The van der Waals surface area contributed by atoms with Gasteiger partial charge in [-0.1, -0.05) is 46.2 Å². The van der Waals surface area contributed by atoms with Crippen molar-refractivity contribution >= 4 is 5.91 Å². The summed E-state index contributed by atoms with van der Waals surface area (Å²) in [7, 11) is 0. The molecular formula is C27H44N2O3. The van der Waals surface area contributed by atoms with E-state index in [0.717, 1.165) is 44.5 Å². The Kier molecular flexibility index (Phi) is 8.62. The Bertz CT molecular complexity index is 735. The number of carbonyl (C=O) groups is 1. The topological polar surface area (TPSA) is 72.8 Å². The molecule has 0 bridgehead atoms. The van der Waals surface area contributed by atoms with Gasteiger partial charge in [0.25, 0.3) is 0 Å². The van der Waals surface area contributed by atoms with Gasteiger partial charge in [0.15, 0.2) is 0 Å². The lowest BCUT2D eigenvalue weighted by atomic mass is 9.60. The number of amides is 1. The van der Waals surface area contributed by atoms with Crippen LogP contribution in [-0.2, 0) is 11.2 Å². The van der Waals surface area contributed by atoms with Crippen molar-refractivity contribution in [2.24, 2.45) is 23.2 Å². The number of nitrogens with one attached hydrogen (secondary N) is 1. The largest absolute Gasteiger partial charge is 0.508 e. The highest BCUT2D eigenvalue weighted by molar-refractivity contribution is 5.76. The summed E-state index contributed by atoms with van der Waals surface area (Å²) >= 11 is 0. The number of nitrogens with zero attached hydrogens (tertiary/aromatic N) is 1. The fraction of sp³-hybridized carbons (Fsp3) is 0.741. The molecule has 0 aromatic heterocycles. The Labute approximate surface area is 194 Å². The van der Waals surface area contributed by atoms with Crippen molar-refractivity contribution in [3.8, 4) is 5.75 Å². The van der Waals surface area contributed by atoms with Gasteiger partial charge in [-0.2, -0.15) is 0 Å². The molecule has 1 saturated heterocycles. The number of rotatable bonds is 8. The minimum Gasteiger partial charge on any atom is -0.508 e. The van der Waals surface area contributed by atoms with Gasteiger partial charge in [-0.3, -0.25) is 4.79 Å². The molecule has 1 aliphatic heterocycles. The molecule has 5 nitrogen and oxygen atoms in total. The molecule has 3 N–H and O–H groups in total. The third kappa shape index (κ3) is 6.48. The molecule has 1 amide bonds. The second kappa shape index (κ2) is 11.0. The van der Waals surface area contributed by atoms with Crippen LogP contribution in [0.2, 0.25) is 0 Å². The summed E-state index contributed by atoms with van der Waals surface area (Å²) in [6.45, 7) is 12.2. The minimum atomic E-state index is -0.113. The molecule has 2 fully saturated rings. The molecule has 1 saturated carbocycles. The van der Waals surface area contributed by atoms with E-state index in [1.807, 2.05) is 12.1 Å². The van der Waals surface area contributed by atoms with Crippen LogP contribution in [0.1, 0.15) is 71.8 Å². The highest BCUT2D eigenvalue weighted by atomic mass is 16.3. The maximum absolute atomic E-state index is 12.6. The summed E-state index contributed by atoms with van der Waals surface area (Å²) in [5, 5.41) is 22.9. The molecule has 5 heteroatoms. The molecule has 3 rings (SSSR count). The summed E-state index contributed by atoms with van der Waals surface area (Å²) in [4.78, 5) is 15.2. The number of aliphatic hydroxyl groups excluding tert-OH is 1. The Morgan fingerprint density at radius 3 is 2.59 bits per heavy atom. The average Bonchev–Trinajstić information content (AvgIpc) is 2.75. The highest BCUT2D eigenvalue weighted by Gasteiger charge is 2.44. The smallest absolute Gasteiger partial charge is 0.220 e. The normalized spacial score (nSPS) is 30.2. The number of likely N-dealkylation sites (tertiary alicyclic amines) is 1. The van der Waals surface area contributed by atoms with Gasteiger partial charge >= 0.3 is 0 Å². The summed E-state index contributed by atoms with van der Waals surface area (Å²) in [5.41, 5.74) is 1.37. The Balaban J connectivity index is 1.50.